The van der Waals surface area contributed by atoms with Crippen LogP contribution in [0.25, 0.3) is 0 Å². The highest BCUT2D eigenvalue weighted by molar-refractivity contribution is 7.83. The first kappa shape index (κ1) is 28.7. The molecule has 4 aromatic carbocycles. The van der Waals surface area contributed by atoms with Gasteiger partial charge in [0.05, 0.1) is 4.90 Å². The molecule has 1 heterocycles. The van der Waals surface area contributed by atoms with Gasteiger partial charge >= 0.3 is 0 Å². The zero-order chi connectivity index (χ0) is 29.1. The summed E-state index contributed by atoms with van der Waals surface area (Å²) in [4.78, 5) is 13.9. The van der Waals surface area contributed by atoms with E-state index in [4.69, 9.17) is 0 Å². The summed E-state index contributed by atoms with van der Waals surface area (Å²) >= 11 is 0. The normalized spacial score (nSPS) is 17.6. The molecule has 4 nitrogen and oxygen atoms in total. The lowest BCUT2D eigenvalue weighted by molar-refractivity contribution is -0.116. The maximum atomic E-state index is 14.9. The van der Waals surface area contributed by atoms with Crippen molar-refractivity contribution in [1.82, 2.24) is 4.31 Å². The molecule has 0 spiro atoms. The maximum Gasteiger partial charge on any atom is 0.225 e. The van der Waals surface area contributed by atoms with Crippen molar-refractivity contribution in [2.75, 3.05) is 11.9 Å². The second-order valence-corrected chi connectivity index (χ2v) is 11.6. The van der Waals surface area contributed by atoms with Gasteiger partial charge in [-0.3, -0.25) is 4.79 Å². The highest BCUT2D eigenvalue weighted by Crippen LogP contribution is 2.32. The predicted molar refractivity (Wildman–Crippen MR) is 151 cm³/mol. The van der Waals surface area contributed by atoms with Gasteiger partial charge in [0.2, 0.25) is 5.91 Å². The van der Waals surface area contributed by atoms with E-state index in [0.717, 1.165) is 23.8 Å². The lowest BCUT2D eigenvalue weighted by Crippen LogP contribution is -2.18. The summed E-state index contributed by atoms with van der Waals surface area (Å²) < 4.78 is 71.2. The summed E-state index contributed by atoms with van der Waals surface area (Å²) in [5.74, 6) is -3.81. The van der Waals surface area contributed by atoms with E-state index in [0.29, 0.717) is 41.1 Å². The van der Waals surface area contributed by atoms with Gasteiger partial charge in [-0.15, -0.1) is 0 Å². The third-order valence-electron chi connectivity index (χ3n) is 7.17. The van der Waals surface area contributed by atoms with Gasteiger partial charge < -0.3 is 5.32 Å². The van der Waals surface area contributed by atoms with Gasteiger partial charge in [-0.1, -0.05) is 35.9 Å². The van der Waals surface area contributed by atoms with Crippen molar-refractivity contribution in [2.24, 2.45) is 0 Å². The fraction of sp³-hybridized carbons (Fsp3) is 0.219. The first-order valence-corrected chi connectivity index (χ1v) is 14.3. The van der Waals surface area contributed by atoms with Crippen LogP contribution in [0.2, 0.25) is 0 Å². The Labute approximate surface area is 238 Å². The number of aryl methyl sites for hydroxylation is 1. The summed E-state index contributed by atoms with van der Waals surface area (Å²) in [6.07, 6.45) is 0.643. The Morgan fingerprint density at radius 3 is 2.27 bits per heavy atom. The molecule has 212 valence electrons. The van der Waals surface area contributed by atoms with Crippen molar-refractivity contribution in [3.05, 3.63) is 130 Å². The first-order valence-electron chi connectivity index (χ1n) is 13.2. The van der Waals surface area contributed by atoms with Crippen molar-refractivity contribution in [2.45, 2.75) is 43.0 Å². The second-order valence-electron chi connectivity index (χ2n) is 10.2. The molecule has 4 aromatic rings. The van der Waals surface area contributed by atoms with Crippen LogP contribution in [-0.2, 0) is 22.2 Å². The number of hydrogen-bond acceptors (Lipinski definition) is 2. The molecule has 1 fully saturated rings. The summed E-state index contributed by atoms with van der Waals surface area (Å²) in [7, 11) is -1.30. The van der Waals surface area contributed by atoms with E-state index < -0.39 is 46.1 Å². The van der Waals surface area contributed by atoms with Crippen molar-refractivity contribution >= 4 is 22.6 Å². The zero-order valence-electron chi connectivity index (χ0n) is 22.2. The van der Waals surface area contributed by atoms with Gasteiger partial charge in [0.25, 0.3) is 0 Å². The molecule has 41 heavy (non-hydrogen) atoms. The molecule has 1 amide bonds. The quantitative estimate of drug-likeness (QED) is 0.161. The highest BCUT2D eigenvalue weighted by Gasteiger charge is 2.39. The van der Waals surface area contributed by atoms with Crippen molar-refractivity contribution in [3.63, 3.8) is 0 Å². The first-order chi connectivity index (χ1) is 19.7. The number of rotatable bonds is 10. The number of hydrogen-bond donors (Lipinski definition) is 1. The molecule has 1 saturated heterocycles. The number of nitrogens with one attached hydrogen (secondary N) is 1. The summed E-state index contributed by atoms with van der Waals surface area (Å²) in [6, 6.07) is 20.3. The van der Waals surface area contributed by atoms with E-state index in [1.807, 2.05) is 35.5 Å². The Hall–Kier alpha value is -3.82. The molecule has 1 N–H and O–H groups in total. The van der Waals surface area contributed by atoms with Crippen molar-refractivity contribution < 1.29 is 26.6 Å². The third-order valence-corrected chi connectivity index (χ3v) is 8.72. The number of benzene rings is 4. The molecular formula is C32H28F4N2O2S. The minimum Gasteiger partial charge on any atom is -0.326 e. The smallest absolute Gasteiger partial charge is 0.225 e. The summed E-state index contributed by atoms with van der Waals surface area (Å²) in [5.41, 5.74) is 2.42. The molecule has 0 saturated carbocycles. The topological polar surface area (TPSA) is 49.2 Å². The standard InChI is InChI=1S/C32H28F4N2O2S/c1-20-5-12-27(13-6-20)41(40)38-19-26(38)11-14-28-30(36)3-2-4-31(28)37-32(39)18-29(21-7-9-23(33)10-8-21)22-15-24(34)17-25(35)16-22/h2-10,12-13,15-17,26,29H,11,14,18-19H2,1H3,(H,37,39)/t26-,29?,38?,41?/m0/s1. The van der Waals surface area contributed by atoms with E-state index in [1.165, 1.54) is 36.4 Å². The van der Waals surface area contributed by atoms with E-state index in [-0.39, 0.29) is 18.0 Å². The molecule has 1 aliphatic rings. The average molecular weight is 581 g/mol. The van der Waals surface area contributed by atoms with Crippen LogP contribution >= 0.6 is 0 Å². The highest BCUT2D eigenvalue weighted by atomic mass is 32.2. The Morgan fingerprint density at radius 1 is 0.902 bits per heavy atom. The van der Waals surface area contributed by atoms with Crippen LogP contribution in [0.4, 0.5) is 23.2 Å². The Balaban J connectivity index is 1.28. The lowest BCUT2D eigenvalue weighted by atomic mass is 9.88. The van der Waals surface area contributed by atoms with Crippen LogP contribution in [0, 0.1) is 30.2 Å². The largest absolute Gasteiger partial charge is 0.326 e. The van der Waals surface area contributed by atoms with Gasteiger partial charge in [-0.05, 0) is 79.4 Å². The van der Waals surface area contributed by atoms with Gasteiger partial charge in [-0.25, -0.2) is 26.1 Å². The molecule has 0 aromatic heterocycles. The minimum atomic E-state index is -1.30. The molecule has 0 bridgehead atoms. The molecule has 9 heteroatoms. The van der Waals surface area contributed by atoms with Crippen LogP contribution < -0.4 is 5.32 Å². The van der Waals surface area contributed by atoms with Crippen molar-refractivity contribution in [1.29, 1.82) is 0 Å². The third kappa shape index (κ3) is 7.10. The van der Waals surface area contributed by atoms with E-state index in [1.54, 1.807) is 6.07 Å². The zero-order valence-corrected chi connectivity index (χ0v) is 23.1. The average Bonchev–Trinajstić information content (AvgIpc) is 3.71. The SMILES string of the molecule is Cc1ccc(S(=O)N2C[C@@H]2CCc2c(F)cccc2NC(=O)CC(c2ccc(F)cc2)c2cc(F)cc(F)c2)cc1. The predicted octanol–water partition coefficient (Wildman–Crippen LogP) is 7.05. The number of halogens is 4. The van der Waals surface area contributed by atoms with Gasteiger partial charge in [0.15, 0.2) is 0 Å². The fourth-order valence-corrected chi connectivity index (χ4v) is 6.24. The van der Waals surface area contributed by atoms with Gasteiger partial charge in [-0.2, -0.15) is 0 Å². The van der Waals surface area contributed by atoms with E-state index >= 15 is 0 Å². The Morgan fingerprint density at radius 2 is 1.59 bits per heavy atom. The number of carbonyl (C=O) groups excluding carboxylic acids is 1. The maximum absolute atomic E-state index is 14.9. The summed E-state index contributed by atoms with van der Waals surface area (Å²) in [5, 5.41) is 2.76. The Bertz CT molecular complexity index is 1560. The van der Waals surface area contributed by atoms with Crippen LogP contribution in [0.15, 0.2) is 89.8 Å². The number of nitrogens with zero attached hydrogens (tertiary/aromatic N) is 1. The fourth-order valence-electron chi connectivity index (χ4n) is 4.92. The molecule has 3 unspecified atom stereocenters. The number of carbonyl (C=O) groups is 1. The summed E-state index contributed by atoms with van der Waals surface area (Å²) in [6.45, 7) is 2.59. The second kappa shape index (κ2) is 12.4. The van der Waals surface area contributed by atoms with Crippen molar-refractivity contribution in [3.8, 4) is 0 Å². The molecule has 5 rings (SSSR count). The van der Waals surface area contributed by atoms with Crippen LogP contribution in [0.5, 0.6) is 0 Å². The van der Waals surface area contributed by atoms with Crippen LogP contribution in [0.3, 0.4) is 0 Å². The lowest BCUT2D eigenvalue weighted by Gasteiger charge is -2.19. The number of anilines is 1. The van der Waals surface area contributed by atoms with Crippen LogP contribution in [0.1, 0.15) is 41.0 Å². The minimum absolute atomic E-state index is 0.0195. The molecule has 1 aliphatic heterocycles. The van der Waals surface area contributed by atoms with Crippen LogP contribution in [-0.4, -0.2) is 27.0 Å². The van der Waals surface area contributed by atoms with E-state index in [9.17, 15) is 26.6 Å². The van der Waals surface area contributed by atoms with E-state index in [2.05, 4.69) is 5.32 Å². The van der Waals surface area contributed by atoms with Gasteiger partial charge in [0, 0.05) is 42.2 Å². The molecule has 4 atom stereocenters. The molecule has 0 aliphatic carbocycles. The monoisotopic (exact) mass is 580 g/mol. The molecular weight excluding hydrogens is 552 g/mol. The van der Waals surface area contributed by atoms with Gasteiger partial charge in [0.1, 0.15) is 34.3 Å². The number of amides is 1. The molecule has 0 radical (unpaired) electrons. The Kier molecular flexibility index (Phi) is 8.65.